The van der Waals surface area contributed by atoms with Gasteiger partial charge < -0.3 is 5.32 Å². The van der Waals surface area contributed by atoms with Gasteiger partial charge in [-0.1, -0.05) is 27.7 Å². The highest BCUT2D eigenvalue weighted by Gasteiger charge is 2.32. The second kappa shape index (κ2) is 4.41. The van der Waals surface area contributed by atoms with Gasteiger partial charge in [-0.3, -0.25) is 0 Å². The summed E-state index contributed by atoms with van der Waals surface area (Å²) in [4.78, 5) is 0. The van der Waals surface area contributed by atoms with E-state index in [1.54, 1.807) is 0 Å². The zero-order chi connectivity index (χ0) is 10.0. The van der Waals surface area contributed by atoms with Crippen molar-refractivity contribution in [2.45, 2.75) is 46.3 Å². The summed E-state index contributed by atoms with van der Waals surface area (Å²) in [6, 6.07) is 0.513. The molecule has 1 saturated heterocycles. The number of piperidine rings is 1. The van der Waals surface area contributed by atoms with Crippen LogP contribution in [0.25, 0.3) is 0 Å². The molecule has 1 heterocycles. The standard InChI is InChI=1S/C11H22FN/c1-7(2)9-5-11(8(3)4)13-6-10(9)12/h7-11,13H,5-6H2,1-4H3. The SMILES string of the molecule is CC(C)C1CC(C(C)C)C(F)CN1. The number of rotatable bonds is 2. The Bertz CT molecular complexity index is 156. The Morgan fingerprint density at radius 2 is 1.77 bits per heavy atom. The molecule has 0 spiro atoms. The first-order chi connectivity index (χ1) is 6.02. The van der Waals surface area contributed by atoms with Crippen LogP contribution in [0.2, 0.25) is 0 Å². The highest BCUT2D eigenvalue weighted by molar-refractivity contribution is 4.87. The van der Waals surface area contributed by atoms with Crippen LogP contribution < -0.4 is 5.32 Å². The van der Waals surface area contributed by atoms with Gasteiger partial charge >= 0.3 is 0 Å². The molecule has 1 N–H and O–H groups in total. The molecule has 2 heteroatoms. The Labute approximate surface area is 81.1 Å². The third-order valence-electron chi connectivity index (χ3n) is 3.23. The Kier molecular flexibility index (Phi) is 3.72. The van der Waals surface area contributed by atoms with E-state index in [0.717, 1.165) is 6.42 Å². The van der Waals surface area contributed by atoms with E-state index in [4.69, 9.17) is 0 Å². The molecule has 1 aliphatic rings. The molecule has 3 atom stereocenters. The lowest BCUT2D eigenvalue weighted by atomic mass is 9.80. The van der Waals surface area contributed by atoms with E-state index in [1.165, 1.54) is 0 Å². The summed E-state index contributed by atoms with van der Waals surface area (Å²) in [6.07, 6.45) is 0.353. The van der Waals surface area contributed by atoms with Gasteiger partial charge in [0.05, 0.1) is 0 Å². The average molecular weight is 187 g/mol. The molecular weight excluding hydrogens is 165 g/mol. The minimum absolute atomic E-state index is 0.258. The van der Waals surface area contributed by atoms with E-state index in [2.05, 4.69) is 33.0 Å². The predicted octanol–water partition coefficient (Wildman–Crippen LogP) is 2.61. The molecule has 0 aromatic carbocycles. The molecule has 1 nitrogen and oxygen atoms in total. The largest absolute Gasteiger partial charge is 0.311 e. The monoisotopic (exact) mass is 187 g/mol. The van der Waals surface area contributed by atoms with E-state index < -0.39 is 6.17 Å². The van der Waals surface area contributed by atoms with Crippen molar-refractivity contribution in [3.8, 4) is 0 Å². The van der Waals surface area contributed by atoms with Crippen LogP contribution in [0.1, 0.15) is 34.1 Å². The Balaban J connectivity index is 2.53. The predicted molar refractivity (Wildman–Crippen MR) is 54.5 cm³/mol. The molecule has 0 amide bonds. The van der Waals surface area contributed by atoms with Gasteiger partial charge in [-0.25, -0.2) is 4.39 Å². The summed E-state index contributed by atoms with van der Waals surface area (Å²) in [7, 11) is 0. The summed E-state index contributed by atoms with van der Waals surface area (Å²) in [5.41, 5.74) is 0. The highest BCUT2D eigenvalue weighted by Crippen LogP contribution is 2.28. The maximum Gasteiger partial charge on any atom is 0.116 e. The van der Waals surface area contributed by atoms with Gasteiger partial charge in [-0.15, -0.1) is 0 Å². The van der Waals surface area contributed by atoms with Crippen LogP contribution in [0.15, 0.2) is 0 Å². The van der Waals surface area contributed by atoms with Gasteiger partial charge in [-0.2, -0.15) is 0 Å². The van der Waals surface area contributed by atoms with E-state index in [1.807, 2.05) is 0 Å². The third kappa shape index (κ3) is 2.67. The van der Waals surface area contributed by atoms with Gasteiger partial charge in [0, 0.05) is 12.6 Å². The number of alkyl halides is 1. The van der Waals surface area contributed by atoms with Gasteiger partial charge in [-0.05, 0) is 24.2 Å². The lowest BCUT2D eigenvalue weighted by Crippen LogP contribution is -2.48. The Morgan fingerprint density at radius 1 is 1.15 bits per heavy atom. The zero-order valence-corrected chi connectivity index (χ0v) is 9.18. The van der Waals surface area contributed by atoms with Crippen molar-refractivity contribution in [3.05, 3.63) is 0 Å². The van der Waals surface area contributed by atoms with Crippen molar-refractivity contribution in [1.82, 2.24) is 5.32 Å². The molecule has 1 rings (SSSR count). The first kappa shape index (κ1) is 11.0. The van der Waals surface area contributed by atoms with Crippen LogP contribution in [0, 0.1) is 17.8 Å². The summed E-state index contributed by atoms with van der Waals surface area (Å²) >= 11 is 0. The molecular formula is C11H22FN. The highest BCUT2D eigenvalue weighted by atomic mass is 19.1. The zero-order valence-electron chi connectivity index (χ0n) is 9.18. The van der Waals surface area contributed by atoms with E-state index >= 15 is 0 Å². The van der Waals surface area contributed by atoms with Crippen molar-refractivity contribution in [2.75, 3.05) is 6.54 Å². The third-order valence-corrected chi connectivity index (χ3v) is 3.23. The normalized spacial score (nSPS) is 35.8. The molecule has 0 aliphatic carbocycles. The molecule has 78 valence electrons. The van der Waals surface area contributed by atoms with Crippen LogP contribution in [-0.4, -0.2) is 18.8 Å². The van der Waals surface area contributed by atoms with Crippen molar-refractivity contribution in [3.63, 3.8) is 0 Å². The molecule has 0 radical (unpaired) electrons. The fourth-order valence-corrected chi connectivity index (χ4v) is 2.14. The van der Waals surface area contributed by atoms with Gasteiger partial charge in [0.2, 0.25) is 0 Å². The molecule has 1 fully saturated rings. The van der Waals surface area contributed by atoms with Crippen LogP contribution in [0.3, 0.4) is 0 Å². The van der Waals surface area contributed by atoms with Gasteiger partial charge in [0.25, 0.3) is 0 Å². The number of hydrogen-bond acceptors (Lipinski definition) is 1. The molecule has 3 unspecified atom stereocenters. The number of hydrogen-bond donors (Lipinski definition) is 1. The second-order valence-electron chi connectivity index (χ2n) is 4.92. The van der Waals surface area contributed by atoms with Crippen molar-refractivity contribution in [1.29, 1.82) is 0 Å². The lowest BCUT2D eigenvalue weighted by Gasteiger charge is -2.37. The van der Waals surface area contributed by atoms with Crippen LogP contribution in [0.5, 0.6) is 0 Å². The Hall–Kier alpha value is -0.110. The number of nitrogens with one attached hydrogen (secondary N) is 1. The summed E-state index contributed by atoms with van der Waals surface area (Å²) in [5, 5.41) is 3.28. The van der Waals surface area contributed by atoms with Crippen LogP contribution in [0.4, 0.5) is 4.39 Å². The van der Waals surface area contributed by atoms with E-state index in [9.17, 15) is 4.39 Å². The molecule has 0 aromatic heterocycles. The van der Waals surface area contributed by atoms with Crippen molar-refractivity contribution >= 4 is 0 Å². The molecule has 0 aromatic rings. The van der Waals surface area contributed by atoms with E-state index in [-0.39, 0.29) is 5.92 Å². The summed E-state index contributed by atoms with van der Waals surface area (Å²) < 4.78 is 13.5. The van der Waals surface area contributed by atoms with Crippen molar-refractivity contribution in [2.24, 2.45) is 17.8 Å². The fraction of sp³-hybridized carbons (Fsp3) is 1.00. The van der Waals surface area contributed by atoms with Crippen molar-refractivity contribution < 1.29 is 4.39 Å². The quantitative estimate of drug-likeness (QED) is 0.700. The average Bonchev–Trinajstić information content (AvgIpc) is 2.04. The Morgan fingerprint density at radius 3 is 2.23 bits per heavy atom. The lowest BCUT2D eigenvalue weighted by molar-refractivity contribution is 0.102. The summed E-state index contributed by atoms with van der Waals surface area (Å²) in [5.74, 6) is 1.35. The van der Waals surface area contributed by atoms with Gasteiger partial charge in [0.1, 0.15) is 6.17 Å². The first-order valence-electron chi connectivity index (χ1n) is 5.39. The fourth-order valence-electron chi connectivity index (χ4n) is 2.14. The van der Waals surface area contributed by atoms with E-state index in [0.29, 0.717) is 24.4 Å². The maximum atomic E-state index is 13.5. The van der Waals surface area contributed by atoms with Crippen LogP contribution in [-0.2, 0) is 0 Å². The second-order valence-corrected chi connectivity index (χ2v) is 4.92. The smallest absolute Gasteiger partial charge is 0.116 e. The maximum absolute atomic E-state index is 13.5. The molecule has 0 bridgehead atoms. The minimum atomic E-state index is -0.644. The summed E-state index contributed by atoms with van der Waals surface area (Å²) in [6.45, 7) is 9.20. The van der Waals surface area contributed by atoms with Crippen LogP contribution >= 0.6 is 0 Å². The van der Waals surface area contributed by atoms with Gasteiger partial charge in [0.15, 0.2) is 0 Å². The topological polar surface area (TPSA) is 12.0 Å². The number of halogens is 1. The minimum Gasteiger partial charge on any atom is -0.311 e. The molecule has 1 aliphatic heterocycles. The molecule has 13 heavy (non-hydrogen) atoms. The molecule has 0 saturated carbocycles. The first-order valence-corrected chi connectivity index (χ1v) is 5.39.